The van der Waals surface area contributed by atoms with Crippen LogP contribution in [0.25, 0.3) is 6.08 Å². The summed E-state index contributed by atoms with van der Waals surface area (Å²) >= 11 is 0. The number of benzene rings is 1. The SMILES string of the molecule is Cc1cc(C=CC(=O)O)ccc1NS(=O)(=O)CCC(C)C. The molecule has 6 heteroatoms. The van der Waals surface area contributed by atoms with Gasteiger partial charge in [-0.05, 0) is 48.6 Å². The van der Waals surface area contributed by atoms with Gasteiger partial charge in [-0.3, -0.25) is 4.72 Å². The zero-order valence-corrected chi connectivity index (χ0v) is 13.3. The summed E-state index contributed by atoms with van der Waals surface area (Å²) in [4.78, 5) is 10.5. The third-order valence-corrected chi connectivity index (χ3v) is 4.20. The Balaban J connectivity index is 2.83. The first-order valence-electron chi connectivity index (χ1n) is 6.72. The van der Waals surface area contributed by atoms with Crippen LogP contribution in [-0.2, 0) is 14.8 Å². The van der Waals surface area contributed by atoms with Crippen molar-refractivity contribution in [2.24, 2.45) is 5.92 Å². The number of anilines is 1. The van der Waals surface area contributed by atoms with Crippen molar-refractivity contribution >= 4 is 27.8 Å². The minimum atomic E-state index is -3.35. The minimum Gasteiger partial charge on any atom is -0.478 e. The monoisotopic (exact) mass is 311 g/mol. The Morgan fingerprint density at radius 2 is 2.05 bits per heavy atom. The van der Waals surface area contributed by atoms with E-state index in [0.29, 0.717) is 23.6 Å². The Bertz CT molecular complexity index is 633. The van der Waals surface area contributed by atoms with Gasteiger partial charge in [-0.25, -0.2) is 13.2 Å². The summed E-state index contributed by atoms with van der Waals surface area (Å²) in [6.45, 7) is 5.73. The molecule has 116 valence electrons. The average Bonchev–Trinajstić information content (AvgIpc) is 2.37. The fraction of sp³-hybridized carbons (Fsp3) is 0.400. The lowest BCUT2D eigenvalue weighted by atomic mass is 10.1. The summed E-state index contributed by atoms with van der Waals surface area (Å²) in [6.07, 6.45) is 3.11. The van der Waals surface area contributed by atoms with Crippen molar-refractivity contribution in [3.05, 3.63) is 35.4 Å². The Morgan fingerprint density at radius 3 is 2.57 bits per heavy atom. The maximum atomic E-state index is 12.0. The molecule has 1 rings (SSSR count). The number of hydrogen-bond acceptors (Lipinski definition) is 3. The Morgan fingerprint density at radius 1 is 1.38 bits per heavy atom. The molecule has 21 heavy (non-hydrogen) atoms. The molecule has 0 radical (unpaired) electrons. The van der Waals surface area contributed by atoms with Gasteiger partial charge in [0.1, 0.15) is 0 Å². The summed E-state index contributed by atoms with van der Waals surface area (Å²) in [5.41, 5.74) is 1.97. The highest BCUT2D eigenvalue weighted by molar-refractivity contribution is 7.92. The Kier molecular flexibility index (Phi) is 5.96. The van der Waals surface area contributed by atoms with Crippen LogP contribution in [0.3, 0.4) is 0 Å². The summed E-state index contributed by atoms with van der Waals surface area (Å²) < 4.78 is 26.5. The van der Waals surface area contributed by atoms with Gasteiger partial charge in [0.25, 0.3) is 0 Å². The van der Waals surface area contributed by atoms with E-state index in [1.807, 2.05) is 13.8 Å². The standard InChI is InChI=1S/C15H21NO4S/c1-11(2)8-9-21(19,20)16-14-6-4-13(10-12(14)3)5-7-15(17)18/h4-7,10-11,16H,8-9H2,1-3H3,(H,17,18). The van der Waals surface area contributed by atoms with E-state index in [-0.39, 0.29) is 5.75 Å². The van der Waals surface area contributed by atoms with E-state index in [0.717, 1.165) is 11.6 Å². The first kappa shape index (κ1) is 17.2. The van der Waals surface area contributed by atoms with E-state index >= 15 is 0 Å². The van der Waals surface area contributed by atoms with Crippen LogP contribution in [0.5, 0.6) is 0 Å². The first-order valence-corrected chi connectivity index (χ1v) is 8.37. The molecule has 0 heterocycles. The molecule has 0 aromatic heterocycles. The molecule has 0 aliphatic heterocycles. The molecule has 0 fully saturated rings. The number of sulfonamides is 1. The van der Waals surface area contributed by atoms with E-state index in [4.69, 9.17) is 5.11 Å². The van der Waals surface area contributed by atoms with E-state index in [2.05, 4.69) is 4.72 Å². The third-order valence-electron chi connectivity index (χ3n) is 2.90. The number of nitrogens with one attached hydrogen (secondary N) is 1. The predicted octanol–water partition coefficient (Wildman–Crippen LogP) is 2.88. The lowest BCUT2D eigenvalue weighted by molar-refractivity contribution is -0.131. The van der Waals surface area contributed by atoms with Crippen LogP contribution >= 0.6 is 0 Å². The second-order valence-electron chi connectivity index (χ2n) is 5.35. The smallest absolute Gasteiger partial charge is 0.328 e. The maximum Gasteiger partial charge on any atom is 0.328 e. The van der Waals surface area contributed by atoms with E-state index < -0.39 is 16.0 Å². The van der Waals surface area contributed by atoms with Gasteiger partial charge < -0.3 is 5.11 Å². The Hall–Kier alpha value is -1.82. The molecular formula is C15H21NO4S. The van der Waals surface area contributed by atoms with Crippen LogP contribution in [0.15, 0.2) is 24.3 Å². The molecule has 0 aliphatic carbocycles. The second-order valence-corrected chi connectivity index (χ2v) is 7.19. The average molecular weight is 311 g/mol. The van der Waals surface area contributed by atoms with E-state index in [9.17, 15) is 13.2 Å². The highest BCUT2D eigenvalue weighted by Gasteiger charge is 2.12. The maximum absolute atomic E-state index is 12.0. The summed E-state index contributed by atoms with van der Waals surface area (Å²) in [6, 6.07) is 5.05. The molecule has 2 N–H and O–H groups in total. The molecule has 1 aromatic rings. The largest absolute Gasteiger partial charge is 0.478 e. The normalized spacial score (nSPS) is 12.0. The Labute approximate surface area is 125 Å². The highest BCUT2D eigenvalue weighted by Crippen LogP contribution is 2.19. The van der Waals surface area contributed by atoms with Crippen molar-refractivity contribution in [1.82, 2.24) is 0 Å². The second kappa shape index (κ2) is 7.26. The number of aliphatic carboxylic acids is 1. The van der Waals surface area contributed by atoms with Crippen molar-refractivity contribution in [1.29, 1.82) is 0 Å². The van der Waals surface area contributed by atoms with E-state index in [1.54, 1.807) is 25.1 Å². The van der Waals surface area contributed by atoms with Crippen LogP contribution in [0, 0.1) is 12.8 Å². The van der Waals surface area contributed by atoms with Gasteiger partial charge >= 0.3 is 5.97 Å². The molecule has 5 nitrogen and oxygen atoms in total. The van der Waals surface area contributed by atoms with Crippen LogP contribution < -0.4 is 4.72 Å². The van der Waals surface area contributed by atoms with Gasteiger partial charge in [-0.2, -0.15) is 0 Å². The highest BCUT2D eigenvalue weighted by atomic mass is 32.2. The quantitative estimate of drug-likeness (QED) is 0.758. The summed E-state index contributed by atoms with van der Waals surface area (Å²) in [7, 11) is -3.35. The van der Waals surface area contributed by atoms with Crippen LogP contribution in [0.2, 0.25) is 0 Å². The van der Waals surface area contributed by atoms with Gasteiger partial charge in [0.15, 0.2) is 0 Å². The van der Waals surface area contributed by atoms with Crippen LogP contribution in [-0.4, -0.2) is 25.2 Å². The van der Waals surface area contributed by atoms with Gasteiger partial charge in [0.05, 0.1) is 11.4 Å². The van der Waals surface area contributed by atoms with Gasteiger partial charge in [-0.15, -0.1) is 0 Å². The lowest BCUT2D eigenvalue weighted by Gasteiger charge is -2.12. The number of carboxylic acids is 1. The van der Waals surface area contributed by atoms with Crippen molar-refractivity contribution in [2.45, 2.75) is 27.2 Å². The van der Waals surface area contributed by atoms with Crippen molar-refractivity contribution in [2.75, 3.05) is 10.5 Å². The lowest BCUT2D eigenvalue weighted by Crippen LogP contribution is -2.18. The van der Waals surface area contributed by atoms with E-state index in [1.165, 1.54) is 6.08 Å². The molecule has 0 aliphatic rings. The molecule has 1 aromatic carbocycles. The summed E-state index contributed by atoms with van der Waals surface area (Å²) in [5, 5.41) is 8.58. The molecule has 0 atom stereocenters. The minimum absolute atomic E-state index is 0.0881. The van der Waals surface area contributed by atoms with Crippen LogP contribution in [0.4, 0.5) is 5.69 Å². The zero-order chi connectivity index (χ0) is 16.0. The predicted molar refractivity (Wildman–Crippen MR) is 84.7 cm³/mol. The molecule has 0 amide bonds. The van der Waals surface area contributed by atoms with Crippen molar-refractivity contribution in [3.63, 3.8) is 0 Å². The molecule has 0 bridgehead atoms. The number of hydrogen-bond donors (Lipinski definition) is 2. The zero-order valence-electron chi connectivity index (χ0n) is 12.5. The molecule has 0 spiro atoms. The fourth-order valence-electron chi connectivity index (χ4n) is 1.68. The van der Waals surface area contributed by atoms with Crippen molar-refractivity contribution in [3.8, 4) is 0 Å². The van der Waals surface area contributed by atoms with Crippen molar-refractivity contribution < 1.29 is 18.3 Å². The number of aryl methyl sites for hydroxylation is 1. The molecular weight excluding hydrogens is 290 g/mol. The topological polar surface area (TPSA) is 83.5 Å². The van der Waals surface area contributed by atoms with Gasteiger partial charge in [0, 0.05) is 6.08 Å². The molecule has 0 unspecified atom stereocenters. The molecule has 0 saturated heterocycles. The van der Waals surface area contributed by atoms with Gasteiger partial charge in [-0.1, -0.05) is 19.9 Å². The number of carbonyl (C=O) groups is 1. The third kappa shape index (κ3) is 6.44. The first-order chi connectivity index (χ1) is 9.69. The fourth-order valence-corrected chi connectivity index (χ4v) is 3.13. The number of rotatable bonds is 7. The van der Waals surface area contributed by atoms with Gasteiger partial charge in [0.2, 0.25) is 10.0 Å². The molecule has 0 saturated carbocycles. The number of carboxylic acid groups (broad SMARTS) is 1. The summed E-state index contributed by atoms with van der Waals surface area (Å²) in [5.74, 6) is -0.609. The van der Waals surface area contributed by atoms with Crippen LogP contribution in [0.1, 0.15) is 31.4 Å².